The second-order valence-corrected chi connectivity index (χ2v) is 3.38. The van der Waals surface area contributed by atoms with E-state index in [4.69, 9.17) is 0 Å². The fraction of sp³-hybridized carbons (Fsp3) is 0.778. The van der Waals surface area contributed by atoms with Crippen LogP contribution in [0.5, 0.6) is 0 Å². The molecule has 0 aromatic carbocycles. The minimum absolute atomic E-state index is 0.347. The minimum atomic E-state index is -0.746. The van der Waals surface area contributed by atoms with Crippen LogP contribution in [0.15, 0.2) is 0 Å². The summed E-state index contributed by atoms with van der Waals surface area (Å²) in [6, 6.07) is 0. The van der Waals surface area contributed by atoms with Crippen LogP contribution >= 0.6 is 0 Å². The summed E-state index contributed by atoms with van der Waals surface area (Å²) in [6.07, 6.45) is 0.757. The molecule has 0 aromatic heterocycles. The number of hydrogen-bond acceptors (Lipinski definition) is 2. The first-order chi connectivity index (χ1) is 5.12. The molecule has 0 spiro atoms. The van der Waals surface area contributed by atoms with Gasteiger partial charge in [0.15, 0.2) is 0 Å². The summed E-state index contributed by atoms with van der Waals surface area (Å²) in [6.45, 7) is 5.55. The van der Waals surface area contributed by atoms with Crippen LogP contribution in [0.1, 0.15) is 20.3 Å². The van der Waals surface area contributed by atoms with Crippen LogP contribution < -0.4 is 5.32 Å². The molecule has 1 saturated heterocycles. The van der Waals surface area contributed by atoms with Gasteiger partial charge in [0, 0.05) is 18.9 Å². The summed E-state index contributed by atoms with van der Waals surface area (Å²) in [5.41, 5.74) is -0.746. The molecule has 0 bridgehead atoms. The Bertz CT molecular complexity index is 181. The Labute approximate surface area is 68.0 Å². The van der Waals surface area contributed by atoms with Gasteiger partial charge in [0.25, 0.3) is 0 Å². The highest BCUT2D eigenvalue weighted by Gasteiger charge is 2.28. The maximum Gasteiger partial charge on any atom is 0.139 e. The quantitative estimate of drug-likeness (QED) is 0.493. The van der Waals surface area contributed by atoms with Crippen LogP contribution in [-0.4, -0.2) is 23.8 Å². The normalized spacial score (nSPS) is 30.2. The SMILES string of the molecule is CC(C)C#CC1(O)CCNC1. The molecule has 62 valence electrons. The lowest BCUT2D eigenvalue weighted by Gasteiger charge is -2.12. The molecular weight excluding hydrogens is 138 g/mol. The standard InChI is InChI=1S/C9H15NO/c1-8(2)3-4-9(11)5-6-10-7-9/h8,10-11H,5-7H2,1-2H3. The van der Waals surface area contributed by atoms with Crippen molar-refractivity contribution in [1.29, 1.82) is 0 Å². The van der Waals surface area contributed by atoms with Gasteiger partial charge < -0.3 is 10.4 Å². The maximum atomic E-state index is 9.70. The van der Waals surface area contributed by atoms with E-state index in [1.165, 1.54) is 0 Å². The molecule has 0 aromatic rings. The summed E-state index contributed by atoms with van der Waals surface area (Å²) in [5, 5.41) is 12.8. The molecule has 1 atom stereocenters. The van der Waals surface area contributed by atoms with E-state index in [1.807, 2.05) is 13.8 Å². The largest absolute Gasteiger partial charge is 0.376 e. The fourth-order valence-corrected chi connectivity index (χ4v) is 1.06. The first-order valence-electron chi connectivity index (χ1n) is 4.08. The second kappa shape index (κ2) is 3.25. The summed E-state index contributed by atoms with van der Waals surface area (Å²) in [4.78, 5) is 0. The molecule has 2 nitrogen and oxygen atoms in total. The first-order valence-corrected chi connectivity index (χ1v) is 4.08. The van der Waals surface area contributed by atoms with E-state index in [2.05, 4.69) is 17.2 Å². The minimum Gasteiger partial charge on any atom is -0.376 e. The first kappa shape index (κ1) is 8.58. The monoisotopic (exact) mass is 153 g/mol. The van der Waals surface area contributed by atoms with Crippen LogP contribution in [0.4, 0.5) is 0 Å². The van der Waals surface area contributed by atoms with Crippen molar-refractivity contribution in [3.05, 3.63) is 0 Å². The lowest BCUT2D eigenvalue weighted by Crippen LogP contribution is -2.29. The number of rotatable bonds is 0. The van der Waals surface area contributed by atoms with Gasteiger partial charge in [-0.15, -0.1) is 0 Å². The fourth-order valence-electron chi connectivity index (χ4n) is 1.06. The highest BCUT2D eigenvalue weighted by atomic mass is 16.3. The molecule has 1 unspecified atom stereocenters. The van der Waals surface area contributed by atoms with Crippen molar-refractivity contribution in [3.8, 4) is 11.8 Å². The Morgan fingerprint density at radius 3 is 2.73 bits per heavy atom. The molecule has 2 heteroatoms. The molecule has 0 radical (unpaired) electrons. The van der Waals surface area contributed by atoms with Gasteiger partial charge in [-0.2, -0.15) is 0 Å². The van der Waals surface area contributed by atoms with Crippen molar-refractivity contribution < 1.29 is 5.11 Å². The summed E-state index contributed by atoms with van der Waals surface area (Å²) < 4.78 is 0. The molecule has 1 heterocycles. The van der Waals surface area contributed by atoms with Gasteiger partial charge >= 0.3 is 0 Å². The molecule has 1 rings (SSSR count). The molecule has 11 heavy (non-hydrogen) atoms. The predicted octanol–water partition coefficient (Wildman–Crippen LogP) is 0.370. The smallest absolute Gasteiger partial charge is 0.139 e. The Morgan fingerprint density at radius 2 is 2.27 bits per heavy atom. The number of nitrogens with one attached hydrogen (secondary N) is 1. The maximum absolute atomic E-state index is 9.70. The van der Waals surface area contributed by atoms with Gasteiger partial charge in [-0.25, -0.2) is 0 Å². The van der Waals surface area contributed by atoms with E-state index in [1.54, 1.807) is 0 Å². The highest BCUT2D eigenvalue weighted by Crippen LogP contribution is 2.12. The van der Waals surface area contributed by atoms with E-state index < -0.39 is 5.60 Å². The van der Waals surface area contributed by atoms with Gasteiger partial charge in [0.1, 0.15) is 5.60 Å². The van der Waals surface area contributed by atoms with E-state index in [0.717, 1.165) is 13.0 Å². The van der Waals surface area contributed by atoms with Crippen molar-refractivity contribution >= 4 is 0 Å². The molecule has 1 fully saturated rings. The number of hydrogen-bond donors (Lipinski definition) is 2. The second-order valence-electron chi connectivity index (χ2n) is 3.38. The lowest BCUT2D eigenvalue weighted by molar-refractivity contribution is 0.123. The molecule has 0 amide bonds. The van der Waals surface area contributed by atoms with Crippen molar-refractivity contribution in [2.24, 2.45) is 5.92 Å². The summed E-state index contributed by atoms with van der Waals surface area (Å²) >= 11 is 0. The third-order valence-electron chi connectivity index (χ3n) is 1.73. The van der Waals surface area contributed by atoms with Crippen LogP contribution in [0.25, 0.3) is 0 Å². The Kier molecular flexibility index (Phi) is 2.53. The predicted molar refractivity (Wildman–Crippen MR) is 45.1 cm³/mol. The van der Waals surface area contributed by atoms with E-state index in [0.29, 0.717) is 12.5 Å². The van der Waals surface area contributed by atoms with Crippen molar-refractivity contribution in [3.63, 3.8) is 0 Å². The van der Waals surface area contributed by atoms with Crippen LogP contribution in [0.3, 0.4) is 0 Å². The van der Waals surface area contributed by atoms with Gasteiger partial charge in [-0.1, -0.05) is 25.7 Å². The van der Waals surface area contributed by atoms with Gasteiger partial charge in [0.05, 0.1) is 0 Å². The molecule has 0 saturated carbocycles. The topological polar surface area (TPSA) is 32.3 Å². The third kappa shape index (κ3) is 2.53. The Morgan fingerprint density at radius 1 is 1.55 bits per heavy atom. The van der Waals surface area contributed by atoms with E-state index >= 15 is 0 Å². The van der Waals surface area contributed by atoms with Gasteiger partial charge in [-0.05, 0) is 6.54 Å². The van der Waals surface area contributed by atoms with Gasteiger partial charge in [-0.3, -0.25) is 0 Å². The van der Waals surface area contributed by atoms with E-state index in [-0.39, 0.29) is 0 Å². The van der Waals surface area contributed by atoms with Crippen LogP contribution in [0, 0.1) is 17.8 Å². The summed E-state index contributed by atoms with van der Waals surface area (Å²) in [5.74, 6) is 6.24. The Balaban J connectivity index is 2.54. The van der Waals surface area contributed by atoms with Crippen molar-refractivity contribution in [2.75, 3.05) is 13.1 Å². The zero-order valence-electron chi connectivity index (χ0n) is 7.15. The number of aliphatic hydroxyl groups is 1. The van der Waals surface area contributed by atoms with Crippen LogP contribution in [0.2, 0.25) is 0 Å². The molecule has 1 aliphatic heterocycles. The molecule has 0 aliphatic carbocycles. The average molecular weight is 153 g/mol. The molecular formula is C9H15NO. The third-order valence-corrected chi connectivity index (χ3v) is 1.73. The van der Waals surface area contributed by atoms with Crippen molar-refractivity contribution in [1.82, 2.24) is 5.32 Å². The summed E-state index contributed by atoms with van der Waals surface area (Å²) in [7, 11) is 0. The molecule has 2 N–H and O–H groups in total. The lowest BCUT2D eigenvalue weighted by atomic mass is 10.0. The van der Waals surface area contributed by atoms with Gasteiger partial charge in [0.2, 0.25) is 0 Å². The zero-order valence-corrected chi connectivity index (χ0v) is 7.15. The molecule has 1 aliphatic rings. The van der Waals surface area contributed by atoms with Crippen molar-refractivity contribution in [2.45, 2.75) is 25.9 Å². The number of β-amino-alcohol motifs (C(OH)–C–C–N with tert-alkyl or cyclic N) is 1. The van der Waals surface area contributed by atoms with Crippen LogP contribution in [-0.2, 0) is 0 Å². The average Bonchev–Trinajstić information content (AvgIpc) is 2.33. The highest BCUT2D eigenvalue weighted by molar-refractivity contribution is 5.17. The zero-order chi connectivity index (χ0) is 8.32. The van der Waals surface area contributed by atoms with E-state index in [9.17, 15) is 5.11 Å². The Hall–Kier alpha value is -0.520.